The van der Waals surface area contributed by atoms with E-state index in [-0.39, 0.29) is 0 Å². The zero-order valence-electron chi connectivity index (χ0n) is 27.6. The van der Waals surface area contributed by atoms with Crippen LogP contribution in [0.3, 0.4) is 0 Å². The quantitative estimate of drug-likeness (QED) is 0.0966. The van der Waals surface area contributed by atoms with Crippen molar-refractivity contribution in [1.29, 1.82) is 0 Å². The highest BCUT2D eigenvalue weighted by atomic mass is 32.1. The number of rotatable bonds is 7. The van der Waals surface area contributed by atoms with Crippen LogP contribution in [0.25, 0.3) is 64.8 Å². The summed E-state index contributed by atoms with van der Waals surface area (Å²) in [4.78, 5) is 12.3. The van der Waals surface area contributed by atoms with E-state index in [4.69, 9.17) is 11.0 Å². The van der Waals surface area contributed by atoms with Crippen LogP contribution in [0.1, 0.15) is 24.0 Å². The molecule has 240 valence electrons. The van der Waals surface area contributed by atoms with Crippen molar-refractivity contribution in [2.75, 3.05) is 0 Å². The Labute approximate surface area is 295 Å². The molecule has 0 saturated heterocycles. The van der Waals surface area contributed by atoms with Crippen LogP contribution in [0.15, 0.2) is 175 Å². The van der Waals surface area contributed by atoms with Crippen LogP contribution in [0.2, 0.25) is 0 Å². The fourth-order valence-corrected chi connectivity index (χ4v) is 7.96. The van der Waals surface area contributed by atoms with Crippen molar-refractivity contribution < 1.29 is 9.21 Å². The molecule has 1 aliphatic rings. The summed E-state index contributed by atoms with van der Waals surface area (Å²) in [7, 11) is 0. The van der Waals surface area contributed by atoms with E-state index in [1.54, 1.807) is 11.3 Å². The van der Waals surface area contributed by atoms with Crippen LogP contribution < -0.4 is 10.4 Å². The number of aldehydes is 1. The van der Waals surface area contributed by atoms with Gasteiger partial charge in [0.25, 0.3) is 0 Å². The number of hydrogen-bond donors (Lipinski definition) is 0. The van der Waals surface area contributed by atoms with Gasteiger partial charge in [0.1, 0.15) is 11.3 Å². The minimum absolute atomic E-state index is 0.589. The van der Waals surface area contributed by atoms with Gasteiger partial charge in [-0.05, 0) is 93.1 Å². The lowest BCUT2D eigenvalue weighted by molar-refractivity contribution is -0.103. The molecule has 0 amide bonds. The van der Waals surface area contributed by atoms with Crippen LogP contribution in [0.4, 0.5) is 0 Å². The van der Waals surface area contributed by atoms with E-state index in [9.17, 15) is 4.79 Å². The summed E-state index contributed by atoms with van der Waals surface area (Å²) in [5.41, 5.74) is 8.01. The largest absolute Gasteiger partial charge is 0.456 e. The first-order valence-corrected chi connectivity index (χ1v) is 17.6. The second-order valence-corrected chi connectivity index (χ2v) is 13.6. The highest BCUT2D eigenvalue weighted by molar-refractivity contribution is 7.25. The van der Waals surface area contributed by atoms with E-state index in [2.05, 4.69) is 104 Å². The third-order valence-corrected chi connectivity index (χ3v) is 10.5. The molecular formula is C47H34O2S. The van der Waals surface area contributed by atoms with Crippen molar-refractivity contribution in [3.63, 3.8) is 0 Å². The van der Waals surface area contributed by atoms with Crippen molar-refractivity contribution >= 4 is 71.1 Å². The Morgan fingerprint density at radius 3 is 2.14 bits per heavy atom. The molecule has 0 bridgehead atoms. The summed E-state index contributed by atoms with van der Waals surface area (Å²) in [5.74, 6) is 0.815. The third kappa shape index (κ3) is 5.83. The molecule has 0 atom stereocenters. The maximum atomic E-state index is 12.3. The van der Waals surface area contributed by atoms with Gasteiger partial charge in [-0.3, -0.25) is 4.79 Å². The van der Waals surface area contributed by atoms with Gasteiger partial charge >= 0.3 is 0 Å². The number of thiophene rings is 1. The van der Waals surface area contributed by atoms with Gasteiger partial charge in [-0.25, -0.2) is 0 Å². The molecule has 0 unspecified atom stereocenters. The van der Waals surface area contributed by atoms with Gasteiger partial charge in [-0.2, -0.15) is 0 Å². The number of carbonyl (C=O) groups excluding carboxylic acids is 1. The van der Waals surface area contributed by atoms with Gasteiger partial charge in [0.2, 0.25) is 0 Å². The molecule has 2 aromatic heterocycles. The molecule has 7 aromatic rings. The van der Waals surface area contributed by atoms with E-state index in [1.807, 2.05) is 54.6 Å². The molecule has 50 heavy (non-hydrogen) atoms. The van der Waals surface area contributed by atoms with Crippen LogP contribution in [0, 0.1) is 0 Å². The lowest BCUT2D eigenvalue weighted by Gasteiger charge is -2.15. The molecule has 2 heterocycles. The Morgan fingerprint density at radius 1 is 0.680 bits per heavy atom. The maximum absolute atomic E-state index is 12.3. The molecule has 0 saturated carbocycles. The smallest absolute Gasteiger partial charge is 0.150 e. The number of furan rings is 1. The Hall–Kier alpha value is -6.03. The molecule has 0 N–H and O–H groups in total. The number of fused-ring (bicyclic) bond motifs is 5. The van der Waals surface area contributed by atoms with Crippen LogP contribution >= 0.6 is 11.3 Å². The molecule has 0 fully saturated rings. The maximum Gasteiger partial charge on any atom is 0.150 e. The average Bonchev–Trinajstić information content (AvgIpc) is 3.76. The highest BCUT2D eigenvalue weighted by Crippen LogP contribution is 2.42. The van der Waals surface area contributed by atoms with Crippen LogP contribution in [-0.2, 0) is 4.79 Å². The zero-order chi connectivity index (χ0) is 34.0. The molecule has 0 radical (unpaired) electrons. The summed E-state index contributed by atoms with van der Waals surface area (Å²) >= 11 is 1.80. The molecule has 5 aromatic carbocycles. The Balaban J connectivity index is 1.39. The number of carbonyl (C=O) groups is 1. The van der Waals surface area contributed by atoms with Crippen molar-refractivity contribution in [2.24, 2.45) is 0 Å². The normalized spacial score (nSPS) is 15.3. The zero-order valence-corrected chi connectivity index (χ0v) is 28.4. The van der Waals surface area contributed by atoms with E-state index in [1.165, 1.54) is 20.2 Å². The summed E-state index contributed by atoms with van der Waals surface area (Å²) in [6.45, 7) is 9.31. The van der Waals surface area contributed by atoms with Crippen molar-refractivity contribution in [1.82, 2.24) is 0 Å². The topological polar surface area (TPSA) is 30.2 Å². The third-order valence-electron chi connectivity index (χ3n) is 9.34. The highest BCUT2D eigenvalue weighted by Gasteiger charge is 2.19. The van der Waals surface area contributed by atoms with E-state index < -0.39 is 0 Å². The van der Waals surface area contributed by atoms with E-state index >= 15 is 0 Å². The summed E-state index contributed by atoms with van der Waals surface area (Å²) in [5, 5.41) is 5.57. The van der Waals surface area contributed by atoms with Gasteiger partial charge in [0.15, 0.2) is 6.29 Å². The number of para-hydroxylation sites is 1. The first kappa shape index (κ1) is 31.3. The van der Waals surface area contributed by atoms with Gasteiger partial charge in [0.05, 0.1) is 0 Å². The molecule has 3 heteroatoms. The van der Waals surface area contributed by atoms with Crippen LogP contribution in [0.5, 0.6) is 0 Å². The number of benzene rings is 5. The minimum atomic E-state index is 0.589. The van der Waals surface area contributed by atoms with E-state index in [0.29, 0.717) is 5.57 Å². The molecular weight excluding hydrogens is 629 g/mol. The SMILES string of the molecule is C=C(/C=C(\C=O)c1ccccc1)C1=c2cccc/c2=C(C(=C)c2cc3c(cc2-c2cc4ccccc4o2)sc2ccccc23)/C=C/CCC=C1. The van der Waals surface area contributed by atoms with Crippen LogP contribution in [-0.4, -0.2) is 6.29 Å². The van der Waals surface area contributed by atoms with Crippen molar-refractivity contribution in [3.8, 4) is 11.3 Å². The Bertz CT molecular complexity index is 2660. The Morgan fingerprint density at radius 2 is 1.36 bits per heavy atom. The van der Waals surface area contributed by atoms with Crippen molar-refractivity contribution in [3.05, 3.63) is 192 Å². The monoisotopic (exact) mass is 662 g/mol. The van der Waals surface area contributed by atoms with Crippen molar-refractivity contribution in [2.45, 2.75) is 12.8 Å². The number of hydrogen-bond acceptors (Lipinski definition) is 3. The van der Waals surface area contributed by atoms with Gasteiger partial charge in [-0.15, -0.1) is 11.3 Å². The predicted molar refractivity (Wildman–Crippen MR) is 213 cm³/mol. The number of allylic oxidation sites excluding steroid dienone is 8. The van der Waals surface area contributed by atoms with Gasteiger partial charge in [0, 0.05) is 36.7 Å². The lowest BCUT2D eigenvalue weighted by Crippen LogP contribution is -2.29. The fraction of sp³-hybridized carbons (Fsp3) is 0.0426. The molecule has 1 aliphatic carbocycles. The molecule has 0 spiro atoms. The predicted octanol–water partition coefficient (Wildman–Crippen LogP) is 11.2. The molecule has 0 aliphatic heterocycles. The van der Waals surface area contributed by atoms with Gasteiger partial charge < -0.3 is 4.42 Å². The standard InChI is InChI=1S/C47H34O2S/c1-31(26-35(30-48)33-16-6-5-7-17-33)36-19-8-3-4-9-20-37(39-22-12-11-21-38(36)39)32(2)41-28-43-40-23-13-15-25-46(40)50-47(43)29-42(41)45-27-34-18-10-14-24-44(34)49-45/h5-30H,1-4H2/b19-8?,20-9+,35-26+,38-36?,39-37+. The second-order valence-electron chi connectivity index (χ2n) is 12.5. The molecule has 2 nitrogen and oxygen atoms in total. The minimum Gasteiger partial charge on any atom is -0.456 e. The summed E-state index contributed by atoms with van der Waals surface area (Å²) in [6, 6.07) is 41.6. The summed E-state index contributed by atoms with van der Waals surface area (Å²) in [6.07, 6.45) is 13.3. The summed E-state index contributed by atoms with van der Waals surface area (Å²) < 4.78 is 8.97. The first-order valence-electron chi connectivity index (χ1n) is 16.8. The lowest BCUT2D eigenvalue weighted by atomic mass is 9.89. The second kappa shape index (κ2) is 13.5. The van der Waals surface area contributed by atoms with Gasteiger partial charge in [-0.1, -0.05) is 128 Å². The average molecular weight is 663 g/mol. The fourth-order valence-electron chi connectivity index (χ4n) is 6.84. The Kier molecular flexibility index (Phi) is 8.42. The first-order chi connectivity index (χ1) is 24.6. The van der Waals surface area contributed by atoms with E-state index in [0.717, 1.165) is 85.3 Å². The molecule has 8 rings (SSSR count).